The van der Waals surface area contributed by atoms with Gasteiger partial charge in [-0.25, -0.2) is 5.43 Å². The molecule has 5 nitrogen and oxygen atoms in total. The third-order valence-electron chi connectivity index (χ3n) is 3.10. The minimum absolute atomic E-state index is 0.0588. The molecule has 2 aromatic carbocycles. The van der Waals surface area contributed by atoms with Crippen molar-refractivity contribution < 1.29 is 9.90 Å². The van der Waals surface area contributed by atoms with E-state index >= 15 is 0 Å². The van der Waals surface area contributed by atoms with Gasteiger partial charge in [-0.05, 0) is 31.2 Å². The molecule has 5 heteroatoms. The molecule has 0 aliphatic carbocycles. The highest BCUT2D eigenvalue weighted by Crippen LogP contribution is 2.33. The van der Waals surface area contributed by atoms with Gasteiger partial charge in [-0.1, -0.05) is 30.9 Å². The van der Waals surface area contributed by atoms with Crippen molar-refractivity contribution in [3.63, 3.8) is 0 Å². The van der Waals surface area contributed by atoms with Crippen molar-refractivity contribution in [2.24, 2.45) is 10.1 Å². The topological polar surface area (TPSA) is 74.0 Å². The molecule has 0 unspecified atom stereocenters. The summed E-state index contributed by atoms with van der Waals surface area (Å²) in [7, 11) is 0. The van der Waals surface area contributed by atoms with Gasteiger partial charge >= 0.3 is 0 Å². The summed E-state index contributed by atoms with van der Waals surface area (Å²) in [5.41, 5.74) is 4.73. The fourth-order valence-electron chi connectivity index (χ4n) is 2.02. The predicted molar refractivity (Wildman–Crippen MR) is 93.5 cm³/mol. The molecule has 0 aliphatic rings. The number of nitrogens with one attached hydrogen (secondary N) is 1. The molecule has 0 bridgehead atoms. The van der Waals surface area contributed by atoms with Crippen molar-refractivity contribution >= 4 is 30.1 Å². The fourth-order valence-corrected chi connectivity index (χ4v) is 2.02. The number of phenolic OH excluding ortho intramolecular Hbond substituents is 1. The maximum atomic E-state index is 11.9. The Labute approximate surface area is 134 Å². The van der Waals surface area contributed by atoms with E-state index in [-0.39, 0.29) is 11.7 Å². The van der Waals surface area contributed by atoms with Gasteiger partial charge < -0.3 is 5.11 Å². The van der Waals surface area contributed by atoms with Crippen LogP contribution < -0.4 is 5.43 Å². The van der Waals surface area contributed by atoms with Crippen LogP contribution in [-0.4, -0.2) is 23.4 Å². The second-order valence-corrected chi connectivity index (χ2v) is 4.59. The van der Waals surface area contributed by atoms with Gasteiger partial charge in [-0.15, -0.1) is 0 Å². The number of hydrogen-bond donors (Lipinski definition) is 2. The summed E-state index contributed by atoms with van der Waals surface area (Å²) in [4.78, 5) is 16.0. The lowest BCUT2D eigenvalue weighted by Crippen LogP contribution is -2.17. The number of benzene rings is 2. The van der Waals surface area contributed by atoms with E-state index in [1.54, 1.807) is 49.5 Å². The van der Waals surface area contributed by atoms with Crippen LogP contribution in [0, 0.1) is 0 Å². The van der Waals surface area contributed by atoms with Crippen LogP contribution in [0.3, 0.4) is 0 Å². The van der Waals surface area contributed by atoms with Gasteiger partial charge in [-0.3, -0.25) is 9.79 Å². The molecule has 0 fully saturated rings. The zero-order chi connectivity index (χ0) is 16.7. The van der Waals surface area contributed by atoms with Crippen LogP contribution in [-0.2, 0) is 0 Å². The molecule has 0 saturated heterocycles. The van der Waals surface area contributed by atoms with Crippen LogP contribution in [0.5, 0.6) is 5.75 Å². The molecule has 0 saturated carbocycles. The van der Waals surface area contributed by atoms with Gasteiger partial charge in [0.2, 0.25) is 0 Å². The van der Waals surface area contributed by atoms with E-state index in [1.165, 1.54) is 12.3 Å². The van der Waals surface area contributed by atoms with E-state index in [0.717, 1.165) is 0 Å². The summed E-state index contributed by atoms with van der Waals surface area (Å²) in [5, 5.41) is 13.8. The second kappa shape index (κ2) is 7.70. The Balaban J connectivity index is 2.21. The molecular weight excluding hydrogens is 290 g/mol. The number of phenols is 1. The number of hydrazone groups is 1. The van der Waals surface area contributed by atoms with Gasteiger partial charge in [0.15, 0.2) is 0 Å². The Morgan fingerprint density at radius 3 is 2.61 bits per heavy atom. The zero-order valence-corrected chi connectivity index (χ0v) is 12.7. The average Bonchev–Trinajstić information content (AvgIpc) is 2.58. The maximum absolute atomic E-state index is 11.9. The molecule has 0 radical (unpaired) electrons. The second-order valence-electron chi connectivity index (χ2n) is 4.59. The first kappa shape index (κ1) is 16.2. The number of rotatable bonds is 5. The van der Waals surface area contributed by atoms with Gasteiger partial charge in [0, 0.05) is 22.9 Å². The van der Waals surface area contributed by atoms with Crippen molar-refractivity contribution in [2.45, 2.75) is 6.92 Å². The van der Waals surface area contributed by atoms with Crippen LogP contribution >= 0.6 is 0 Å². The average molecular weight is 307 g/mol. The Morgan fingerprint density at radius 1 is 1.22 bits per heavy atom. The van der Waals surface area contributed by atoms with Crippen molar-refractivity contribution in [1.82, 2.24) is 5.43 Å². The molecule has 116 valence electrons. The van der Waals surface area contributed by atoms with E-state index in [9.17, 15) is 9.90 Å². The van der Waals surface area contributed by atoms with Crippen LogP contribution in [0.25, 0.3) is 6.08 Å². The van der Waals surface area contributed by atoms with Crippen molar-refractivity contribution in [1.29, 1.82) is 0 Å². The molecule has 0 heterocycles. The number of aromatic hydroxyl groups is 1. The lowest BCUT2D eigenvalue weighted by molar-refractivity contribution is 0.0955. The number of carbonyl (C=O) groups excluding carboxylic acids is 1. The predicted octanol–water partition coefficient (Wildman–Crippen LogP) is 3.52. The van der Waals surface area contributed by atoms with E-state index in [0.29, 0.717) is 22.4 Å². The number of amides is 1. The quantitative estimate of drug-likeness (QED) is 0.655. The van der Waals surface area contributed by atoms with Gasteiger partial charge in [0.25, 0.3) is 5.91 Å². The lowest BCUT2D eigenvalue weighted by atomic mass is 10.1. The normalized spacial score (nSPS) is 11.0. The largest absolute Gasteiger partial charge is 0.506 e. The zero-order valence-electron chi connectivity index (χ0n) is 12.7. The molecule has 0 aliphatic heterocycles. The SMILES string of the molecule is C=Cc1c(/C=N/NC(=O)c2ccccc2)ccc(O)c1/N=C\C. The maximum Gasteiger partial charge on any atom is 0.271 e. The summed E-state index contributed by atoms with van der Waals surface area (Å²) in [6.45, 7) is 5.49. The fraction of sp³-hybridized carbons (Fsp3) is 0.0556. The highest BCUT2D eigenvalue weighted by atomic mass is 16.3. The Morgan fingerprint density at radius 2 is 1.96 bits per heavy atom. The smallest absolute Gasteiger partial charge is 0.271 e. The molecule has 0 spiro atoms. The molecule has 1 amide bonds. The highest BCUT2D eigenvalue weighted by molar-refractivity contribution is 5.96. The van der Waals surface area contributed by atoms with E-state index in [1.807, 2.05) is 6.07 Å². The molecule has 2 rings (SSSR count). The minimum Gasteiger partial charge on any atom is -0.506 e. The van der Waals surface area contributed by atoms with Crippen LogP contribution in [0.1, 0.15) is 28.4 Å². The summed E-state index contributed by atoms with van der Waals surface area (Å²) in [6.07, 6.45) is 4.66. The molecule has 2 aromatic rings. The van der Waals surface area contributed by atoms with E-state index in [2.05, 4.69) is 22.1 Å². The molecule has 0 aromatic heterocycles. The summed E-state index contributed by atoms with van der Waals surface area (Å²) < 4.78 is 0. The molecule has 0 atom stereocenters. The third-order valence-corrected chi connectivity index (χ3v) is 3.10. The van der Waals surface area contributed by atoms with Crippen molar-refractivity contribution in [2.75, 3.05) is 0 Å². The van der Waals surface area contributed by atoms with Crippen LogP contribution in [0.15, 0.2) is 59.1 Å². The van der Waals surface area contributed by atoms with Gasteiger partial charge in [0.05, 0.1) is 6.21 Å². The number of nitrogens with zero attached hydrogens (tertiary/aromatic N) is 2. The lowest BCUT2D eigenvalue weighted by Gasteiger charge is -2.07. The highest BCUT2D eigenvalue weighted by Gasteiger charge is 2.08. The monoisotopic (exact) mass is 307 g/mol. The summed E-state index contributed by atoms with van der Waals surface area (Å²) >= 11 is 0. The Kier molecular flexibility index (Phi) is 5.41. The number of aliphatic imine (C=N–C) groups is 1. The Bertz CT molecular complexity index is 765. The first-order chi connectivity index (χ1) is 11.2. The first-order valence-electron chi connectivity index (χ1n) is 7.03. The van der Waals surface area contributed by atoms with E-state index < -0.39 is 0 Å². The van der Waals surface area contributed by atoms with Crippen LogP contribution in [0.4, 0.5) is 5.69 Å². The molecule has 23 heavy (non-hydrogen) atoms. The third kappa shape index (κ3) is 3.91. The summed E-state index contributed by atoms with van der Waals surface area (Å²) in [6, 6.07) is 12.0. The van der Waals surface area contributed by atoms with Gasteiger partial charge in [-0.2, -0.15) is 5.10 Å². The number of carbonyl (C=O) groups is 1. The number of hydrogen-bond acceptors (Lipinski definition) is 4. The van der Waals surface area contributed by atoms with Gasteiger partial charge in [0.1, 0.15) is 11.4 Å². The minimum atomic E-state index is -0.299. The first-order valence-corrected chi connectivity index (χ1v) is 7.03. The van der Waals surface area contributed by atoms with Crippen LogP contribution in [0.2, 0.25) is 0 Å². The van der Waals surface area contributed by atoms with Crippen molar-refractivity contribution in [3.8, 4) is 5.75 Å². The van der Waals surface area contributed by atoms with Crippen molar-refractivity contribution in [3.05, 3.63) is 65.7 Å². The van der Waals surface area contributed by atoms with E-state index in [4.69, 9.17) is 0 Å². The summed E-state index contributed by atoms with van der Waals surface area (Å²) in [5.74, 6) is -0.240. The standard InChI is InChI=1S/C18H17N3O2/c1-3-15-14(10-11-16(22)17(15)19-4-2)12-20-21-18(23)13-8-6-5-7-9-13/h3-12,22H,1H2,2H3,(H,21,23)/b19-4-,20-12+. The molecule has 2 N–H and O–H groups in total. The molecular formula is C18H17N3O2. The Hall–Kier alpha value is -3.21.